The molecule has 5 heteroatoms. The van der Waals surface area contributed by atoms with Gasteiger partial charge in [-0.15, -0.1) is 5.10 Å². The van der Waals surface area contributed by atoms with Crippen molar-refractivity contribution in [1.29, 1.82) is 0 Å². The lowest BCUT2D eigenvalue weighted by atomic mass is 10.3. The minimum Gasteiger partial charge on any atom is -0.271 e. The highest BCUT2D eigenvalue weighted by molar-refractivity contribution is 9.10. The van der Waals surface area contributed by atoms with Crippen LogP contribution in [0.25, 0.3) is 11.0 Å². The Morgan fingerprint density at radius 3 is 3.00 bits per heavy atom. The molecule has 1 aromatic carbocycles. The van der Waals surface area contributed by atoms with Gasteiger partial charge < -0.3 is 0 Å². The van der Waals surface area contributed by atoms with E-state index in [2.05, 4.69) is 26.2 Å². The molecule has 1 unspecified atom stereocenters. The predicted octanol–water partition coefficient (Wildman–Crippen LogP) is 2.25. The Labute approximate surface area is 95.4 Å². The Kier molecular flexibility index (Phi) is 2.81. The van der Waals surface area contributed by atoms with E-state index in [1.165, 1.54) is 4.68 Å². The lowest BCUT2D eigenvalue weighted by Gasteiger charge is -2.04. The number of benzene rings is 1. The Hall–Kier alpha value is -1.23. The van der Waals surface area contributed by atoms with Gasteiger partial charge in [-0.1, -0.05) is 40.2 Å². The van der Waals surface area contributed by atoms with E-state index in [0.29, 0.717) is 0 Å². The number of halogens is 1. The number of fused-ring (bicyclic) bond motifs is 1. The highest BCUT2D eigenvalue weighted by Gasteiger charge is 2.18. The molecular formula is C10H10BrN3O. The molecule has 1 aromatic heterocycles. The lowest BCUT2D eigenvalue weighted by Crippen LogP contribution is -2.22. The Bertz CT molecular complexity index is 494. The second-order valence-corrected chi connectivity index (χ2v) is 4.31. The van der Waals surface area contributed by atoms with Crippen LogP contribution in [0.4, 0.5) is 0 Å². The van der Waals surface area contributed by atoms with E-state index in [1.807, 2.05) is 31.2 Å². The number of carbonyl (C=O) groups is 1. The molecule has 0 bridgehead atoms. The van der Waals surface area contributed by atoms with E-state index in [0.717, 1.165) is 17.5 Å². The first-order valence-corrected chi connectivity index (χ1v) is 5.64. The van der Waals surface area contributed by atoms with Gasteiger partial charge in [-0.3, -0.25) is 4.79 Å². The van der Waals surface area contributed by atoms with Crippen LogP contribution in [0.15, 0.2) is 24.3 Å². The van der Waals surface area contributed by atoms with Crippen molar-refractivity contribution in [1.82, 2.24) is 15.0 Å². The summed E-state index contributed by atoms with van der Waals surface area (Å²) in [5.74, 6) is -0.0776. The number of carbonyl (C=O) groups excluding carboxylic acids is 1. The molecule has 1 heterocycles. The van der Waals surface area contributed by atoms with E-state index >= 15 is 0 Å². The average molecular weight is 268 g/mol. The number of hydrogen-bond acceptors (Lipinski definition) is 3. The first kappa shape index (κ1) is 10.3. The molecule has 1 atom stereocenters. The minimum absolute atomic E-state index is 0.0776. The normalized spacial score (nSPS) is 12.9. The van der Waals surface area contributed by atoms with Crippen molar-refractivity contribution in [3.8, 4) is 0 Å². The van der Waals surface area contributed by atoms with Crippen molar-refractivity contribution >= 4 is 32.9 Å². The molecular weight excluding hydrogens is 258 g/mol. The molecule has 0 spiro atoms. The van der Waals surface area contributed by atoms with Crippen molar-refractivity contribution in [2.24, 2.45) is 0 Å². The third-order valence-corrected chi connectivity index (χ3v) is 3.23. The van der Waals surface area contributed by atoms with Crippen molar-refractivity contribution < 1.29 is 4.79 Å². The summed E-state index contributed by atoms with van der Waals surface area (Å²) in [6.45, 7) is 1.94. The molecule has 2 aromatic rings. The molecule has 2 rings (SSSR count). The summed E-state index contributed by atoms with van der Waals surface area (Å²) >= 11 is 3.31. The first-order valence-electron chi connectivity index (χ1n) is 4.72. The summed E-state index contributed by atoms with van der Waals surface area (Å²) < 4.78 is 1.35. The molecule has 0 saturated carbocycles. The Balaban J connectivity index is 2.48. The molecule has 0 saturated heterocycles. The summed E-state index contributed by atoms with van der Waals surface area (Å²) in [6.07, 6.45) is 0.729. The third kappa shape index (κ3) is 1.79. The molecule has 0 radical (unpaired) electrons. The molecule has 0 aliphatic carbocycles. The van der Waals surface area contributed by atoms with Gasteiger partial charge in [0, 0.05) is 0 Å². The van der Waals surface area contributed by atoms with E-state index in [4.69, 9.17) is 0 Å². The Morgan fingerprint density at radius 2 is 2.27 bits per heavy atom. The van der Waals surface area contributed by atoms with Crippen molar-refractivity contribution in [3.63, 3.8) is 0 Å². The van der Waals surface area contributed by atoms with Gasteiger partial charge in [0.1, 0.15) is 5.52 Å². The summed E-state index contributed by atoms with van der Waals surface area (Å²) in [5, 5.41) is 7.78. The minimum atomic E-state index is -0.206. The zero-order chi connectivity index (χ0) is 10.8. The number of rotatable bonds is 2. The summed E-state index contributed by atoms with van der Waals surface area (Å²) in [6, 6.07) is 7.41. The van der Waals surface area contributed by atoms with Gasteiger partial charge in [0.15, 0.2) is 0 Å². The summed E-state index contributed by atoms with van der Waals surface area (Å²) in [4.78, 5) is 11.7. The van der Waals surface area contributed by atoms with Crippen LogP contribution in [0.1, 0.15) is 18.1 Å². The number of nitrogens with zero attached hydrogens (tertiary/aromatic N) is 3. The van der Waals surface area contributed by atoms with Gasteiger partial charge in [0.25, 0.3) is 5.91 Å². The van der Waals surface area contributed by atoms with Gasteiger partial charge in [0.05, 0.1) is 10.3 Å². The van der Waals surface area contributed by atoms with Gasteiger partial charge in [-0.05, 0) is 18.6 Å². The quantitative estimate of drug-likeness (QED) is 0.785. The zero-order valence-electron chi connectivity index (χ0n) is 8.22. The van der Waals surface area contributed by atoms with Crippen molar-refractivity contribution in [2.45, 2.75) is 18.2 Å². The maximum absolute atomic E-state index is 11.9. The lowest BCUT2D eigenvalue weighted by molar-refractivity contribution is 0.0898. The second kappa shape index (κ2) is 4.10. The largest absolute Gasteiger partial charge is 0.271 e. The SMILES string of the molecule is CCC(Br)C(=O)n1nnc2ccccc21. The van der Waals surface area contributed by atoms with Crippen molar-refractivity contribution in [2.75, 3.05) is 0 Å². The van der Waals surface area contributed by atoms with Crippen LogP contribution in [0.3, 0.4) is 0 Å². The second-order valence-electron chi connectivity index (χ2n) is 3.20. The zero-order valence-corrected chi connectivity index (χ0v) is 9.81. The third-order valence-electron chi connectivity index (χ3n) is 2.19. The van der Waals surface area contributed by atoms with E-state index in [9.17, 15) is 4.79 Å². The fourth-order valence-electron chi connectivity index (χ4n) is 1.34. The molecule has 0 fully saturated rings. The number of hydrogen-bond donors (Lipinski definition) is 0. The maximum Gasteiger partial charge on any atom is 0.262 e. The molecule has 15 heavy (non-hydrogen) atoms. The number of para-hydroxylation sites is 1. The van der Waals surface area contributed by atoms with Crippen LogP contribution in [-0.4, -0.2) is 25.7 Å². The van der Waals surface area contributed by atoms with Gasteiger partial charge in [0.2, 0.25) is 0 Å². The molecule has 0 amide bonds. The molecule has 78 valence electrons. The van der Waals surface area contributed by atoms with Gasteiger partial charge in [-0.25, -0.2) is 0 Å². The van der Waals surface area contributed by atoms with Crippen molar-refractivity contribution in [3.05, 3.63) is 24.3 Å². The standard InChI is InChI=1S/C10H10BrN3O/c1-2-7(11)10(15)14-9-6-4-3-5-8(9)12-13-14/h3-7H,2H2,1H3. The fourth-order valence-corrected chi connectivity index (χ4v) is 1.53. The highest BCUT2D eigenvalue weighted by atomic mass is 79.9. The molecule has 0 aliphatic heterocycles. The predicted molar refractivity (Wildman–Crippen MR) is 61.2 cm³/mol. The summed E-state index contributed by atoms with van der Waals surface area (Å²) in [7, 11) is 0. The monoisotopic (exact) mass is 267 g/mol. The first-order chi connectivity index (χ1) is 7.24. The van der Waals surface area contributed by atoms with Gasteiger partial charge >= 0.3 is 0 Å². The van der Waals surface area contributed by atoms with Crippen LogP contribution in [0.5, 0.6) is 0 Å². The number of alkyl halides is 1. The van der Waals surface area contributed by atoms with Gasteiger partial charge in [-0.2, -0.15) is 4.68 Å². The molecule has 0 N–H and O–H groups in total. The van der Waals surface area contributed by atoms with Crippen LogP contribution >= 0.6 is 15.9 Å². The van der Waals surface area contributed by atoms with Crippen LogP contribution < -0.4 is 0 Å². The maximum atomic E-state index is 11.9. The van der Waals surface area contributed by atoms with E-state index in [-0.39, 0.29) is 10.7 Å². The number of aromatic nitrogens is 3. The van der Waals surface area contributed by atoms with Crippen LogP contribution in [-0.2, 0) is 0 Å². The average Bonchev–Trinajstić information content (AvgIpc) is 2.70. The smallest absolute Gasteiger partial charge is 0.262 e. The Morgan fingerprint density at radius 1 is 1.53 bits per heavy atom. The molecule has 0 aliphatic rings. The van der Waals surface area contributed by atoms with Crippen LogP contribution in [0.2, 0.25) is 0 Å². The molecule has 4 nitrogen and oxygen atoms in total. The van der Waals surface area contributed by atoms with E-state index < -0.39 is 0 Å². The van der Waals surface area contributed by atoms with E-state index in [1.54, 1.807) is 0 Å². The summed E-state index contributed by atoms with van der Waals surface area (Å²) in [5.41, 5.74) is 1.49. The highest BCUT2D eigenvalue weighted by Crippen LogP contribution is 2.13. The fraction of sp³-hybridized carbons (Fsp3) is 0.300. The topological polar surface area (TPSA) is 47.8 Å². The van der Waals surface area contributed by atoms with Crippen LogP contribution in [0, 0.1) is 0 Å².